The molecule has 1 aliphatic carbocycles. The molecule has 0 amide bonds. The molecule has 2 N–H and O–H groups in total. The number of hydrogen-bond acceptors (Lipinski definition) is 2. The van der Waals surface area contributed by atoms with Gasteiger partial charge in [-0.1, -0.05) is 5.92 Å². The molecule has 1 fully saturated rings. The first-order valence-electron chi connectivity index (χ1n) is 4.66. The van der Waals surface area contributed by atoms with Gasteiger partial charge in [0.2, 0.25) is 0 Å². The summed E-state index contributed by atoms with van der Waals surface area (Å²) in [6, 6.07) is 0. The maximum absolute atomic E-state index is 5.10. The number of hydrogen-bond donors (Lipinski definition) is 2. The average molecular weight is 166 g/mol. The van der Waals surface area contributed by atoms with Crippen molar-refractivity contribution in [3.05, 3.63) is 0 Å². The second kappa shape index (κ2) is 4.49. The molecular weight excluding hydrogens is 148 g/mol. The van der Waals surface area contributed by atoms with Crippen molar-refractivity contribution in [2.75, 3.05) is 19.6 Å². The van der Waals surface area contributed by atoms with E-state index >= 15 is 0 Å². The van der Waals surface area contributed by atoms with E-state index in [1.807, 2.05) is 0 Å². The summed E-state index contributed by atoms with van der Waals surface area (Å²) in [4.78, 5) is 0. The summed E-state index contributed by atoms with van der Waals surface area (Å²) in [5, 5.41) is 6.68. The molecule has 2 nitrogen and oxygen atoms in total. The van der Waals surface area contributed by atoms with Crippen molar-refractivity contribution in [1.82, 2.24) is 10.6 Å². The van der Waals surface area contributed by atoms with Gasteiger partial charge in [0.25, 0.3) is 0 Å². The molecule has 0 saturated heterocycles. The standard InChI is InChI=1S/C10H18N2/c1-3-7-11-8-9-12-10(2)5-4-6-10/h1,11-12H,4-9H2,2H3. The summed E-state index contributed by atoms with van der Waals surface area (Å²) < 4.78 is 0. The summed E-state index contributed by atoms with van der Waals surface area (Å²) in [6.07, 6.45) is 9.12. The van der Waals surface area contributed by atoms with E-state index < -0.39 is 0 Å². The highest BCUT2D eigenvalue weighted by molar-refractivity contribution is 4.91. The van der Waals surface area contributed by atoms with Crippen LogP contribution in [0.1, 0.15) is 26.2 Å². The zero-order valence-corrected chi connectivity index (χ0v) is 7.82. The molecule has 1 aliphatic rings. The molecule has 0 aliphatic heterocycles. The number of rotatable bonds is 5. The van der Waals surface area contributed by atoms with Gasteiger partial charge in [0.05, 0.1) is 6.54 Å². The van der Waals surface area contributed by atoms with E-state index in [1.54, 1.807) is 0 Å². The number of terminal acetylenes is 1. The molecule has 2 heteroatoms. The van der Waals surface area contributed by atoms with Gasteiger partial charge in [-0.3, -0.25) is 0 Å². The van der Waals surface area contributed by atoms with Crippen LogP contribution in [0, 0.1) is 12.3 Å². The largest absolute Gasteiger partial charge is 0.310 e. The van der Waals surface area contributed by atoms with Crippen LogP contribution in [0.2, 0.25) is 0 Å². The maximum Gasteiger partial charge on any atom is 0.0574 e. The van der Waals surface area contributed by atoms with Crippen molar-refractivity contribution in [3.63, 3.8) is 0 Å². The Bertz CT molecular complexity index is 165. The van der Waals surface area contributed by atoms with E-state index in [4.69, 9.17) is 6.42 Å². The van der Waals surface area contributed by atoms with E-state index in [-0.39, 0.29) is 0 Å². The minimum absolute atomic E-state index is 0.428. The van der Waals surface area contributed by atoms with Crippen LogP contribution in [-0.2, 0) is 0 Å². The SMILES string of the molecule is C#CCNCCNC1(C)CCC1. The van der Waals surface area contributed by atoms with Crippen molar-refractivity contribution in [2.45, 2.75) is 31.7 Å². The van der Waals surface area contributed by atoms with Crippen molar-refractivity contribution in [3.8, 4) is 12.3 Å². The van der Waals surface area contributed by atoms with Crippen LogP contribution >= 0.6 is 0 Å². The lowest BCUT2D eigenvalue weighted by molar-refractivity contribution is 0.210. The molecular formula is C10H18N2. The third-order valence-corrected chi connectivity index (χ3v) is 2.54. The van der Waals surface area contributed by atoms with Gasteiger partial charge in [0.1, 0.15) is 0 Å². The molecule has 1 rings (SSSR count). The van der Waals surface area contributed by atoms with Crippen LogP contribution < -0.4 is 10.6 Å². The van der Waals surface area contributed by atoms with E-state index in [0.717, 1.165) is 13.1 Å². The van der Waals surface area contributed by atoms with Gasteiger partial charge in [0.15, 0.2) is 0 Å². The molecule has 0 aromatic carbocycles. The van der Waals surface area contributed by atoms with Crippen molar-refractivity contribution in [1.29, 1.82) is 0 Å². The molecule has 0 aromatic rings. The highest BCUT2D eigenvalue weighted by Crippen LogP contribution is 2.30. The van der Waals surface area contributed by atoms with Crippen LogP contribution in [0.4, 0.5) is 0 Å². The fourth-order valence-electron chi connectivity index (χ4n) is 1.50. The highest BCUT2D eigenvalue weighted by atomic mass is 15.0. The van der Waals surface area contributed by atoms with Crippen molar-refractivity contribution < 1.29 is 0 Å². The predicted octanol–water partition coefficient (Wildman–Crippen LogP) is 0.741. The van der Waals surface area contributed by atoms with Gasteiger partial charge in [0, 0.05) is 18.6 Å². The van der Waals surface area contributed by atoms with Crippen molar-refractivity contribution >= 4 is 0 Å². The first-order valence-corrected chi connectivity index (χ1v) is 4.66. The van der Waals surface area contributed by atoms with Gasteiger partial charge in [-0.05, 0) is 26.2 Å². The van der Waals surface area contributed by atoms with Gasteiger partial charge in [-0.15, -0.1) is 6.42 Å². The van der Waals surface area contributed by atoms with Crippen molar-refractivity contribution in [2.24, 2.45) is 0 Å². The molecule has 0 spiro atoms. The molecule has 0 atom stereocenters. The zero-order chi connectivity index (χ0) is 8.86. The van der Waals surface area contributed by atoms with E-state index in [2.05, 4.69) is 23.5 Å². The first-order chi connectivity index (χ1) is 5.77. The molecule has 0 radical (unpaired) electrons. The number of nitrogens with one attached hydrogen (secondary N) is 2. The van der Waals surface area contributed by atoms with E-state index in [9.17, 15) is 0 Å². The van der Waals surface area contributed by atoms with Gasteiger partial charge in [-0.25, -0.2) is 0 Å². The van der Waals surface area contributed by atoms with E-state index in [0.29, 0.717) is 12.1 Å². The third-order valence-electron chi connectivity index (χ3n) is 2.54. The molecule has 0 unspecified atom stereocenters. The minimum Gasteiger partial charge on any atom is -0.310 e. The normalized spacial score (nSPS) is 19.7. The topological polar surface area (TPSA) is 24.1 Å². The first kappa shape index (κ1) is 9.57. The predicted molar refractivity (Wildman–Crippen MR) is 52.0 cm³/mol. The van der Waals surface area contributed by atoms with Crippen LogP contribution in [-0.4, -0.2) is 25.2 Å². The minimum atomic E-state index is 0.428. The van der Waals surface area contributed by atoms with Crippen LogP contribution in [0.5, 0.6) is 0 Å². The van der Waals surface area contributed by atoms with Gasteiger partial charge < -0.3 is 10.6 Å². The molecule has 68 valence electrons. The summed E-state index contributed by atoms with van der Waals surface area (Å²) in [5.41, 5.74) is 0.428. The second-order valence-corrected chi connectivity index (χ2v) is 3.72. The molecule has 1 saturated carbocycles. The lowest BCUT2D eigenvalue weighted by Crippen LogP contribution is -2.50. The lowest BCUT2D eigenvalue weighted by Gasteiger charge is -2.39. The Morgan fingerprint density at radius 3 is 2.67 bits per heavy atom. The quantitative estimate of drug-likeness (QED) is 0.465. The molecule has 0 aromatic heterocycles. The van der Waals surface area contributed by atoms with Gasteiger partial charge >= 0.3 is 0 Å². The molecule has 12 heavy (non-hydrogen) atoms. The Morgan fingerprint density at radius 2 is 2.17 bits per heavy atom. The molecule has 0 bridgehead atoms. The summed E-state index contributed by atoms with van der Waals surface area (Å²) in [6.45, 7) is 4.97. The summed E-state index contributed by atoms with van der Waals surface area (Å²) in [7, 11) is 0. The maximum atomic E-state index is 5.10. The highest BCUT2D eigenvalue weighted by Gasteiger charge is 2.30. The average Bonchev–Trinajstić information content (AvgIpc) is 2.01. The van der Waals surface area contributed by atoms with Gasteiger partial charge in [-0.2, -0.15) is 0 Å². The fraction of sp³-hybridized carbons (Fsp3) is 0.800. The van der Waals surface area contributed by atoms with Crippen LogP contribution in [0.3, 0.4) is 0 Å². The Labute approximate surface area is 75.1 Å². The van der Waals surface area contributed by atoms with Crippen LogP contribution in [0.25, 0.3) is 0 Å². The zero-order valence-electron chi connectivity index (χ0n) is 7.82. The van der Waals surface area contributed by atoms with E-state index in [1.165, 1.54) is 19.3 Å². The smallest absolute Gasteiger partial charge is 0.0574 e. The second-order valence-electron chi connectivity index (χ2n) is 3.72. The fourth-order valence-corrected chi connectivity index (χ4v) is 1.50. The van der Waals surface area contributed by atoms with Crippen LogP contribution in [0.15, 0.2) is 0 Å². The monoisotopic (exact) mass is 166 g/mol. The summed E-state index contributed by atoms with van der Waals surface area (Å²) in [5.74, 6) is 2.55. The summed E-state index contributed by atoms with van der Waals surface area (Å²) >= 11 is 0. The Kier molecular flexibility index (Phi) is 3.58. The Balaban J connectivity index is 1.92. The lowest BCUT2D eigenvalue weighted by atomic mass is 9.78. The molecule has 0 heterocycles. The Hall–Kier alpha value is -0.520. The Morgan fingerprint density at radius 1 is 1.42 bits per heavy atom. The third kappa shape index (κ3) is 2.84.